The van der Waals surface area contributed by atoms with E-state index in [-0.39, 0.29) is 10.9 Å². The van der Waals surface area contributed by atoms with Crippen molar-refractivity contribution in [3.8, 4) is 0 Å². The second-order valence-electron chi connectivity index (χ2n) is 4.23. The van der Waals surface area contributed by atoms with Gasteiger partial charge in [0.05, 0.1) is 6.10 Å². The Morgan fingerprint density at radius 1 is 1.27 bits per heavy atom. The highest BCUT2D eigenvalue weighted by Crippen LogP contribution is 2.24. The summed E-state index contributed by atoms with van der Waals surface area (Å²) in [6.07, 6.45) is -0.153. The molecule has 0 aliphatic heterocycles. The fraction of sp³-hybridized carbons (Fsp3) is 1.00. The van der Waals surface area contributed by atoms with E-state index in [4.69, 9.17) is 0 Å². The summed E-state index contributed by atoms with van der Waals surface area (Å²) in [5.74, 6) is 1.23. The molecule has 1 atom stereocenters. The van der Waals surface area contributed by atoms with Crippen molar-refractivity contribution in [3.63, 3.8) is 0 Å². The minimum Gasteiger partial charge on any atom is -0.392 e. The van der Waals surface area contributed by atoms with Gasteiger partial charge in [-0.2, -0.15) is 11.8 Å². The molecular formula is C9H20OS. The first-order chi connectivity index (χ1) is 4.83. The normalized spacial score (nSPS) is 15.5. The van der Waals surface area contributed by atoms with Crippen molar-refractivity contribution >= 4 is 11.8 Å². The van der Waals surface area contributed by atoms with Crippen molar-refractivity contribution in [2.24, 2.45) is 5.92 Å². The molecule has 0 saturated carbocycles. The maximum atomic E-state index is 9.47. The number of rotatable bonds is 3. The van der Waals surface area contributed by atoms with E-state index in [1.54, 1.807) is 0 Å². The zero-order chi connectivity index (χ0) is 9.07. The molecule has 0 spiro atoms. The summed E-state index contributed by atoms with van der Waals surface area (Å²) in [4.78, 5) is 0. The molecule has 11 heavy (non-hydrogen) atoms. The zero-order valence-corrected chi connectivity index (χ0v) is 9.03. The van der Waals surface area contributed by atoms with E-state index in [9.17, 15) is 5.11 Å². The van der Waals surface area contributed by atoms with E-state index >= 15 is 0 Å². The van der Waals surface area contributed by atoms with Crippen LogP contribution in [-0.2, 0) is 0 Å². The molecule has 0 saturated heterocycles. The van der Waals surface area contributed by atoms with E-state index in [0.717, 1.165) is 5.75 Å². The van der Waals surface area contributed by atoms with Gasteiger partial charge in [-0.05, 0) is 5.92 Å². The predicted octanol–water partition coefficient (Wildman–Crippen LogP) is 2.54. The Morgan fingerprint density at radius 2 is 1.73 bits per heavy atom. The first-order valence-electron chi connectivity index (χ1n) is 4.15. The molecule has 0 aliphatic carbocycles. The number of aliphatic hydroxyl groups excluding tert-OH is 1. The topological polar surface area (TPSA) is 20.2 Å². The van der Waals surface area contributed by atoms with Gasteiger partial charge in [0, 0.05) is 10.5 Å². The van der Waals surface area contributed by atoms with Crippen LogP contribution in [0.4, 0.5) is 0 Å². The lowest BCUT2D eigenvalue weighted by atomic mass is 10.1. The molecule has 0 radical (unpaired) electrons. The highest BCUT2D eigenvalue weighted by Gasteiger charge is 2.15. The molecule has 68 valence electrons. The first-order valence-corrected chi connectivity index (χ1v) is 5.13. The van der Waals surface area contributed by atoms with Gasteiger partial charge in [0.25, 0.3) is 0 Å². The highest BCUT2D eigenvalue weighted by molar-refractivity contribution is 8.00. The second-order valence-corrected chi connectivity index (χ2v) is 6.08. The monoisotopic (exact) mass is 176 g/mol. The van der Waals surface area contributed by atoms with Gasteiger partial charge in [0.15, 0.2) is 0 Å². The predicted molar refractivity (Wildman–Crippen MR) is 53.1 cm³/mol. The largest absolute Gasteiger partial charge is 0.392 e. The third kappa shape index (κ3) is 6.70. The summed E-state index contributed by atoms with van der Waals surface area (Å²) in [5, 5.41) is 9.47. The van der Waals surface area contributed by atoms with Crippen LogP contribution in [0.2, 0.25) is 0 Å². The third-order valence-electron chi connectivity index (χ3n) is 1.46. The van der Waals surface area contributed by atoms with Gasteiger partial charge in [0.1, 0.15) is 0 Å². The van der Waals surface area contributed by atoms with E-state index in [1.165, 1.54) is 0 Å². The van der Waals surface area contributed by atoms with E-state index in [1.807, 2.05) is 25.6 Å². The molecule has 1 nitrogen and oxygen atoms in total. The van der Waals surface area contributed by atoms with Crippen LogP contribution < -0.4 is 0 Å². The molecule has 0 aromatic carbocycles. The average molecular weight is 176 g/mol. The lowest BCUT2D eigenvalue weighted by Crippen LogP contribution is -2.21. The Balaban J connectivity index is 3.54. The van der Waals surface area contributed by atoms with Crippen molar-refractivity contribution in [2.45, 2.75) is 45.5 Å². The molecule has 0 aromatic heterocycles. The lowest BCUT2D eigenvalue weighted by molar-refractivity contribution is 0.149. The highest BCUT2D eigenvalue weighted by atomic mass is 32.2. The summed E-state index contributed by atoms with van der Waals surface area (Å²) in [6.45, 7) is 10.6. The summed E-state index contributed by atoms with van der Waals surface area (Å²) in [5.41, 5.74) is 0. The van der Waals surface area contributed by atoms with E-state index in [2.05, 4.69) is 20.8 Å². The summed E-state index contributed by atoms with van der Waals surface area (Å²) >= 11 is 1.82. The fourth-order valence-corrected chi connectivity index (χ4v) is 1.58. The van der Waals surface area contributed by atoms with Crippen molar-refractivity contribution < 1.29 is 5.11 Å². The molecule has 2 heteroatoms. The molecule has 1 N–H and O–H groups in total. The van der Waals surface area contributed by atoms with Gasteiger partial charge in [-0.25, -0.2) is 0 Å². The Labute approximate surface area is 74.6 Å². The van der Waals surface area contributed by atoms with Crippen LogP contribution >= 0.6 is 11.8 Å². The lowest BCUT2D eigenvalue weighted by Gasteiger charge is -2.21. The summed E-state index contributed by atoms with van der Waals surface area (Å²) in [6, 6.07) is 0. The second kappa shape index (κ2) is 4.36. The quantitative estimate of drug-likeness (QED) is 0.713. The third-order valence-corrected chi connectivity index (χ3v) is 2.83. The van der Waals surface area contributed by atoms with Crippen molar-refractivity contribution in [1.82, 2.24) is 0 Å². The van der Waals surface area contributed by atoms with E-state index in [0.29, 0.717) is 5.92 Å². The van der Waals surface area contributed by atoms with Crippen molar-refractivity contribution in [2.75, 3.05) is 5.75 Å². The molecule has 0 fully saturated rings. The van der Waals surface area contributed by atoms with Gasteiger partial charge >= 0.3 is 0 Å². The van der Waals surface area contributed by atoms with Crippen LogP contribution in [0.25, 0.3) is 0 Å². The zero-order valence-electron chi connectivity index (χ0n) is 8.22. The average Bonchev–Trinajstić information content (AvgIpc) is 1.80. The maximum absolute atomic E-state index is 9.47. The van der Waals surface area contributed by atoms with Crippen LogP contribution in [-0.4, -0.2) is 21.7 Å². The van der Waals surface area contributed by atoms with Crippen LogP contribution in [0, 0.1) is 5.92 Å². The van der Waals surface area contributed by atoms with Crippen molar-refractivity contribution in [3.05, 3.63) is 0 Å². The summed E-state index contributed by atoms with van der Waals surface area (Å²) in [7, 11) is 0. The molecule has 0 rings (SSSR count). The standard InChI is InChI=1S/C9H20OS/c1-7(2)8(10)6-11-9(3,4)5/h7-8,10H,6H2,1-5H3. The smallest absolute Gasteiger partial charge is 0.0653 e. The van der Waals surface area contributed by atoms with Gasteiger partial charge < -0.3 is 5.11 Å². The first kappa shape index (κ1) is 11.3. The molecule has 0 bridgehead atoms. The van der Waals surface area contributed by atoms with Crippen LogP contribution in [0.1, 0.15) is 34.6 Å². The number of aliphatic hydroxyl groups is 1. The molecule has 0 heterocycles. The van der Waals surface area contributed by atoms with Crippen LogP contribution in [0.3, 0.4) is 0 Å². The van der Waals surface area contributed by atoms with Gasteiger partial charge in [-0.15, -0.1) is 0 Å². The molecule has 0 amide bonds. The maximum Gasteiger partial charge on any atom is 0.0653 e. The Bertz CT molecular complexity index is 105. The fourth-order valence-electron chi connectivity index (χ4n) is 0.528. The van der Waals surface area contributed by atoms with Crippen molar-refractivity contribution in [1.29, 1.82) is 0 Å². The molecule has 0 aromatic rings. The van der Waals surface area contributed by atoms with Gasteiger partial charge in [-0.1, -0.05) is 34.6 Å². The van der Waals surface area contributed by atoms with E-state index < -0.39 is 0 Å². The number of thioether (sulfide) groups is 1. The number of hydrogen-bond donors (Lipinski definition) is 1. The van der Waals surface area contributed by atoms with Gasteiger partial charge in [0.2, 0.25) is 0 Å². The SMILES string of the molecule is CC(C)C(O)CSC(C)(C)C. The molecule has 0 aliphatic rings. The Morgan fingerprint density at radius 3 is 2.00 bits per heavy atom. The number of hydrogen-bond acceptors (Lipinski definition) is 2. The van der Waals surface area contributed by atoms with Crippen LogP contribution in [0.5, 0.6) is 0 Å². The molecule has 1 unspecified atom stereocenters. The Hall–Kier alpha value is 0.310. The van der Waals surface area contributed by atoms with Gasteiger partial charge in [-0.3, -0.25) is 0 Å². The molecular weight excluding hydrogens is 156 g/mol. The minimum atomic E-state index is -0.153. The van der Waals surface area contributed by atoms with Crippen LogP contribution in [0.15, 0.2) is 0 Å². The Kier molecular flexibility index (Phi) is 4.49. The summed E-state index contributed by atoms with van der Waals surface area (Å²) < 4.78 is 0.274. The minimum absolute atomic E-state index is 0.153.